The van der Waals surface area contributed by atoms with Crippen LogP contribution in [0.4, 0.5) is 15.9 Å². The smallest absolute Gasteiger partial charge is 0.251 e. The number of anilines is 2. The van der Waals surface area contributed by atoms with E-state index in [0.717, 1.165) is 23.8 Å². The summed E-state index contributed by atoms with van der Waals surface area (Å²) in [4.78, 5) is 34.7. The third-order valence-corrected chi connectivity index (χ3v) is 4.94. The van der Waals surface area contributed by atoms with E-state index in [4.69, 9.17) is 0 Å². The number of amides is 2. The molecule has 4 rings (SSSR count). The lowest BCUT2D eigenvalue weighted by molar-refractivity contribution is -0.123. The highest BCUT2D eigenvalue weighted by atomic mass is 19.1. The van der Waals surface area contributed by atoms with Crippen LogP contribution in [0.2, 0.25) is 0 Å². The van der Waals surface area contributed by atoms with Gasteiger partial charge in [-0.3, -0.25) is 14.5 Å². The van der Waals surface area contributed by atoms with Gasteiger partial charge in [0.1, 0.15) is 11.6 Å². The van der Waals surface area contributed by atoms with Crippen LogP contribution in [0.25, 0.3) is 0 Å². The number of benzene rings is 1. The number of imide groups is 1. The molecule has 2 aliphatic rings. The SMILES string of the molecule is O=C1C[C@@H](N2CCN(c3ccccn3)CC2)C(=O)N1c1ccccc1F. The van der Waals surface area contributed by atoms with Gasteiger partial charge in [-0.25, -0.2) is 14.3 Å². The Morgan fingerprint density at radius 1 is 0.962 bits per heavy atom. The van der Waals surface area contributed by atoms with E-state index in [0.29, 0.717) is 13.1 Å². The molecule has 7 heteroatoms. The van der Waals surface area contributed by atoms with Crippen LogP contribution in [0.3, 0.4) is 0 Å². The summed E-state index contributed by atoms with van der Waals surface area (Å²) in [6.45, 7) is 2.78. The summed E-state index contributed by atoms with van der Waals surface area (Å²) in [6.07, 6.45) is 1.85. The third kappa shape index (κ3) is 2.94. The van der Waals surface area contributed by atoms with Gasteiger partial charge < -0.3 is 4.90 Å². The number of carbonyl (C=O) groups is 2. The van der Waals surface area contributed by atoms with Crippen LogP contribution in [0.5, 0.6) is 0 Å². The molecule has 0 bridgehead atoms. The molecule has 3 heterocycles. The maximum Gasteiger partial charge on any atom is 0.251 e. The fraction of sp³-hybridized carbons (Fsp3) is 0.316. The lowest BCUT2D eigenvalue weighted by Crippen LogP contribution is -2.52. The van der Waals surface area contributed by atoms with Gasteiger partial charge in [-0.1, -0.05) is 18.2 Å². The van der Waals surface area contributed by atoms with Gasteiger partial charge >= 0.3 is 0 Å². The fourth-order valence-electron chi connectivity index (χ4n) is 3.59. The number of carbonyl (C=O) groups excluding carboxylic acids is 2. The quantitative estimate of drug-likeness (QED) is 0.785. The second-order valence-electron chi connectivity index (χ2n) is 6.45. The Morgan fingerprint density at radius 3 is 2.38 bits per heavy atom. The molecule has 0 spiro atoms. The largest absolute Gasteiger partial charge is 0.354 e. The van der Waals surface area contributed by atoms with E-state index in [2.05, 4.69) is 9.88 Å². The standard InChI is InChI=1S/C19H19FN4O2/c20-14-5-1-2-6-15(14)24-18(25)13-16(19(24)26)22-9-11-23(12-10-22)17-7-3-4-8-21-17/h1-8,16H,9-13H2/t16-/m1/s1. The van der Waals surface area contributed by atoms with Crippen LogP contribution >= 0.6 is 0 Å². The van der Waals surface area contributed by atoms with Crippen molar-refractivity contribution in [2.24, 2.45) is 0 Å². The topological polar surface area (TPSA) is 56.8 Å². The average Bonchev–Trinajstić information content (AvgIpc) is 2.97. The summed E-state index contributed by atoms with van der Waals surface area (Å²) in [7, 11) is 0. The van der Waals surface area contributed by atoms with E-state index >= 15 is 0 Å². The number of nitrogens with zero attached hydrogens (tertiary/aromatic N) is 4. The molecule has 134 valence electrons. The lowest BCUT2D eigenvalue weighted by Gasteiger charge is -2.37. The van der Waals surface area contributed by atoms with Crippen molar-refractivity contribution in [3.8, 4) is 0 Å². The molecule has 2 aliphatic heterocycles. The Balaban J connectivity index is 1.46. The normalized spacial score (nSPS) is 21.5. The molecule has 2 aromatic rings. The van der Waals surface area contributed by atoms with E-state index in [1.165, 1.54) is 18.2 Å². The highest BCUT2D eigenvalue weighted by molar-refractivity contribution is 6.22. The minimum atomic E-state index is -0.560. The maximum absolute atomic E-state index is 14.0. The van der Waals surface area contributed by atoms with Crippen LogP contribution < -0.4 is 9.80 Å². The Bertz CT molecular complexity index is 821. The van der Waals surface area contributed by atoms with Gasteiger partial charge in [-0.2, -0.15) is 0 Å². The summed E-state index contributed by atoms with van der Waals surface area (Å²) >= 11 is 0. The van der Waals surface area contributed by atoms with Crippen molar-refractivity contribution in [1.29, 1.82) is 0 Å². The number of pyridine rings is 1. The molecule has 0 radical (unpaired) electrons. The third-order valence-electron chi connectivity index (χ3n) is 4.94. The van der Waals surface area contributed by atoms with Crippen molar-refractivity contribution < 1.29 is 14.0 Å². The van der Waals surface area contributed by atoms with Gasteiger partial charge in [-0.15, -0.1) is 0 Å². The van der Waals surface area contributed by atoms with E-state index in [-0.39, 0.29) is 23.9 Å². The van der Waals surface area contributed by atoms with Crippen molar-refractivity contribution >= 4 is 23.3 Å². The minimum absolute atomic E-state index is 0.0390. The molecule has 1 aromatic heterocycles. The molecule has 1 atom stereocenters. The first-order chi connectivity index (χ1) is 12.6. The van der Waals surface area contributed by atoms with Crippen molar-refractivity contribution in [1.82, 2.24) is 9.88 Å². The van der Waals surface area contributed by atoms with Crippen molar-refractivity contribution in [2.75, 3.05) is 36.0 Å². The Labute approximate surface area is 150 Å². The zero-order valence-electron chi connectivity index (χ0n) is 14.2. The Hall–Kier alpha value is -2.80. The monoisotopic (exact) mass is 354 g/mol. The summed E-state index contributed by atoms with van der Waals surface area (Å²) in [6, 6.07) is 11.1. The number of aromatic nitrogens is 1. The molecular formula is C19H19FN4O2. The molecule has 0 N–H and O–H groups in total. The molecule has 26 heavy (non-hydrogen) atoms. The van der Waals surface area contributed by atoms with E-state index in [1.807, 2.05) is 23.1 Å². The summed E-state index contributed by atoms with van der Waals surface area (Å²) < 4.78 is 14.0. The molecule has 0 unspecified atom stereocenters. The molecule has 1 aromatic carbocycles. The van der Waals surface area contributed by atoms with E-state index in [9.17, 15) is 14.0 Å². The van der Waals surface area contributed by atoms with E-state index < -0.39 is 11.9 Å². The molecule has 6 nitrogen and oxygen atoms in total. The summed E-state index contributed by atoms with van der Waals surface area (Å²) in [5.41, 5.74) is 0.0390. The Kier molecular flexibility index (Phi) is 4.38. The molecule has 0 aliphatic carbocycles. The van der Waals surface area contributed by atoms with Crippen molar-refractivity contribution in [3.63, 3.8) is 0 Å². The first kappa shape index (κ1) is 16.7. The van der Waals surface area contributed by atoms with Crippen LogP contribution in [-0.4, -0.2) is 53.9 Å². The van der Waals surface area contributed by atoms with E-state index in [1.54, 1.807) is 12.3 Å². The Morgan fingerprint density at radius 2 is 1.69 bits per heavy atom. The minimum Gasteiger partial charge on any atom is -0.354 e. The highest BCUT2D eigenvalue weighted by Gasteiger charge is 2.44. The molecule has 2 saturated heterocycles. The highest BCUT2D eigenvalue weighted by Crippen LogP contribution is 2.28. The zero-order chi connectivity index (χ0) is 18.1. The summed E-state index contributed by atoms with van der Waals surface area (Å²) in [5.74, 6) is -0.340. The fourth-order valence-corrected chi connectivity index (χ4v) is 3.59. The predicted octanol–water partition coefficient (Wildman–Crippen LogP) is 1.67. The van der Waals surface area contributed by atoms with Crippen LogP contribution in [0, 0.1) is 5.82 Å². The lowest BCUT2D eigenvalue weighted by atomic mass is 10.1. The van der Waals surface area contributed by atoms with Gasteiger partial charge in [0.15, 0.2) is 0 Å². The average molecular weight is 354 g/mol. The van der Waals surface area contributed by atoms with Gasteiger partial charge in [0.05, 0.1) is 18.2 Å². The summed E-state index contributed by atoms with van der Waals surface area (Å²) in [5, 5.41) is 0. The predicted molar refractivity (Wildman–Crippen MR) is 95.3 cm³/mol. The molecular weight excluding hydrogens is 335 g/mol. The zero-order valence-corrected chi connectivity index (χ0v) is 14.2. The number of halogens is 1. The van der Waals surface area contributed by atoms with Gasteiger partial charge in [0.25, 0.3) is 5.91 Å². The van der Waals surface area contributed by atoms with Gasteiger partial charge in [0, 0.05) is 32.4 Å². The molecule has 2 fully saturated rings. The first-order valence-electron chi connectivity index (χ1n) is 8.66. The first-order valence-corrected chi connectivity index (χ1v) is 8.66. The van der Waals surface area contributed by atoms with Crippen LogP contribution in [0.15, 0.2) is 48.7 Å². The number of hydrogen-bond donors (Lipinski definition) is 0. The second kappa shape index (κ2) is 6.84. The number of para-hydroxylation sites is 1. The van der Waals surface area contributed by atoms with Crippen molar-refractivity contribution in [2.45, 2.75) is 12.5 Å². The molecule has 2 amide bonds. The maximum atomic E-state index is 14.0. The number of piperazine rings is 1. The van der Waals surface area contributed by atoms with Crippen LogP contribution in [-0.2, 0) is 9.59 Å². The second-order valence-corrected chi connectivity index (χ2v) is 6.45. The number of hydrogen-bond acceptors (Lipinski definition) is 5. The number of rotatable bonds is 3. The van der Waals surface area contributed by atoms with Crippen molar-refractivity contribution in [3.05, 3.63) is 54.5 Å². The van der Waals surface area contributed by atoms with Gasteiger partial charge in [-0.05, 0) is 24.3 Å². The molecule has 0 saturated carbocycles. The van der Waals surface area contributed by atoms with Crippen LogP contribution in [0.1, 0.15) is 6.42 Å². The van der Waals surface area contributed by atoms with Gasteiger partial charge in [0.2, 0.25) is 5.91 Å².